The van der Waals surface area contributed by atoms with Gasteiger partial charge in [0.05, 0.1) is 5.69 Å². The quantitative estimate of drug-likeness (QED) is 0.893. The van der Waals surface area contributed by atoms with Crippen molar-refractivity contribution in [2.45, 2.75) is 0 Å². The van der Waals surface area contributed by atoms with E-state index in [2.05, 4.69) is 15.6 Å². The molecule has 3 rings (SSSR count). The van der Waals surface area contributed by atoms with E-state index in [0.717, 1.165) is 0 Å². The summed E-state index contributed by atoms with van der Waals surface area (Å²) in [6.45, 7) is -0.142. The van der Waals surface area contributed by atoms with E-state index < -0.39 is 0 Å². The van der Waals surface area contributed by atoms with Gasteiger partial charge in [0.1, 0.15) is 11.5 Å². The summed E-state index contributed by atoms with van der Waals surface area (Å²) in [5.74, 6) is 0.521. The molecule has 1 aliphatic heterocycles. The molecule has 7 nitrogen and oxygen atoms in total. The fourth-order valence-electron chi connectivity index (χ4n) is 1.74. The monoisotopic (exact) mass is 305 g/mol. The number of ether oxygens (including phenoxy) is 2. The van der Waals surface area contributed by atoms with Crippen molar-refractivity contribution >= 4 is 34.0 Å². The Hall–Kier alpha value is -2.61. The summed E-state index contributed by atoms with van der Waals surface area (Å²) < 4.78 is 10.6. The zero-order valence-electron chi connectivity index (χ0n) is 10.8. The van der Waals surface area contributed by atoms with Gasteiger partial charge in [0.15, 0.2) is 18.3 Å². The van der Waals surface area contributed by atoms with Crippen molar-refractivity contribution in [2.75, 3.05) is 23.8 Å². The first kappa shape index (κ1) is 13.4. The summed E-state index contributed by atoms with van der Waals surface area (Å²) in [5, 5.41) is 7.57. The van der Waals surface area contributed by atoms with Crippen LogP contribution in [0.5, 0.6) is 11.5 Å². The lowest BCUT2D eigenvalue weighted by Gasteiger charge is -2.18. The number of aromatic nitrogens is 1. The predicted molar refractivity (Wildman–Crippen MR) is 76.8 cm³/mol. The van der Waals surface area contributed by atoms with E-state index in [1.54, 1.807) is 29.8 Å². The van der Waals surface area contributed by atoms with Crippen LogP contribution in [0.4, 0.5) is 10.8 Å². The molecule has 0 radical (unpaired) electrons. The van der Waals surface area contributed by atoms with E-state index in [9.17, 15) is 9.59 Å². The van der Waals surface area contributed by atoms with Crippen molar-refractivity contribution < 1.29 is 19.1 Å². The zero-order valence-corrected chi connectivity index (χ0v) is 11.6. The Morgan fingerprint density at radius 1 is 1.52 bits per heavy atom. The van der Waals surface area contributed by atoms with Crippen LogP contribution in [0.25, 0.3) is 0 Å². The van der Waals surface area contributed by atoms with E-state index >= 15 is 0 Å². The second-order valence-corrected chi connectivity index (χ2v) is 5.06. The van der Waals surface area contributed by atoms with Gasteiger partial charge in [-0.15, -0.1) is 11.3 Å². The Labute approximate surface area is 123 Å². The van der Waals surface area contributed by atoms with Gasteiger partial charge in [-0.25, -0.2) is 4.98 Å². The highest BCUT2D eigenvalue weighted by atomic mass is 32.1. The molecule has 2 N–H and O–H groups in total. The molecule has 0 unspecified atom stereocenters. The number of thiazole rings is 1. The topological polar surface area (TPSA) is 89.5 Å². The SMILES string of the molecule is O=C(COc1ccc2c(c1)NC(=O)CO2)Nc1nccs1. The number of amides is 2. The number of benzene rings is 1. The second-order valence-electron chi connectivity index (χ2n) is 4.17. The number of nitrogens with zero attached hydrogens (tertiary/aromatic N) is 1. The molecule has 0 saturated carbocycles. The first-order valence-corrected chi connectivity index (χ1v) is 6.97. The van der Waals surface area contributed by atoms with Crippen molar-refractivity contribution in [3.05, 3.63) is 29.8 Å². The van der Waals surface area contributed by atoms with Gasteiger partial charge >= 0.3 is 0 Å². The number of rotatable bonds is 4. The molecule has 0 aliphatic carbocycles. The molecule has 21 heavy (non-hydrogen) atoms. The van der Waals surface area contributed by atoms with E-state index in [-0.39, 0.29) is 25.0 Å². The van der Waals surface area contributed by atoms with Gasteiger partial charge in [-0.1, -0.05) is 0 Å². The lowest BCUT2D eigenvalue weighted by Crippen LogP contribution is -2.25. The van der Waals surface area contributed by atoms with Crippen molar-refractivity contribution in [1.82, 2.24) is 4.98 Å². The average molecular weight is 305 g/mol. The van der Waals surface area contributed by atoms with Crippen LogP contribution in [0.1, 0.15) is 0 Å². The fraction of sp³-hybridized carbons (Fsp3) is 0.154. The highest BCUT2D eigenvalue weighted by Crippen LogP contribution is 2.31. The molecule has 0 saturated heterocycles. The van der Waals surface area contributed by atoms with E-state index in [1.807, 2.05) is 0 Å². The van der Waals surface area contributed by atoms with Crippen molar-refractivity contribution in [1.29, 1.82) is 0 Å². The average Bonchev–Trinajstić information content (AvgIpc) is 2.97. The lowest BCUT2D eigenvalue weighted by molar-refractivity contribution is -0.119. The van der Waals surface area contributed by atoms with Crippen LogP contribution in [-0.4, -0.2) is 30.0 Å². The third-order valence-electron chi connectivity index (χ3n) is 2.63. The summed E-state index contributed by atoms with van der Waals surface area (Å²) in [4.78, 5) is 26.8. The highest BCUT2D eigenvalue weighted by molar-refractivity contribution is 7.13. The van der Waals surface area contributed by atoms with E-state index in [0.29, 0.717) is 22.3 Å². The Kier molecular flexibility index (Phi) is 3.69. The van der Waals surface area contributed by atoms with E-state index in [4.69, 9.17) is 9.47 Å². The summed E-state index contributed by atoms with van der Waals surface area (Å²) in [5.41, 5.74) is 0.532. The number of hydrogen-bond acceptors (Lipinski definition) is 6. The first-order chi connectivity index (χ1) is 10.2. The number of hydrogen-bond donors (Lipinski definition) is 2. The van der Waals surface area contributed by atoms with Crippen LogP contribution in [0.15, 0.2) is 29.8 Å². The van der Waals surface area contributed by atoms with Gasteiger partial charge in [0, 0.05) is 17.6 Å². The van der Waals surface area contributed by atoms with Crippen LogP contribution in [-0.2, 0) is 9.59 Å². The Bertz CT molecular complexity index is 672. The molecule has 0 atom stereocenters. The minimum absolute atomic E-state index is 0.00340. The predicted octanol–water partition coefficient (Wildman–Crippen LogP) is 1.49. The maximum atomic E-state index is 11.7. The number of carbonyl (C=O) groups excluding carboxylic acids is 2. The van der Waals surface area contributed by atoms with Crippen molar-refractivity contribution in [3.8, 4) is 11.5 Å². The van der Waals surface area contributed by atoms with Crippen LogP contribution >= 0.6 is 11.3 Å². The first-order valence-electron chi connectivity index (χ1n) is 6.09. The largest absolute Gasteiger partial charge is 0.484 e. The van der Waals surface area contributed by atoms with Gasteiger partial charge in [-0.05, 0) is 12.1 Å². The second kappa shape index (κ2) is 5.80. The van der Waals surface area contributed by atoms with Crippen LogP contribution in [0.3, 0.4) is 0 Å². The van der Waals surface area contributed by atoms with Crippen LogP contribution in [0.2, 0.25) is 0 Å². The Balaban J connectivity index is 1.59. The third kappa shape index (κ3) is 3.29. The van der Waals surface area contributed by atoms with Crippen LogP contribution in [0, 0.1) is 0 Å². The van der Waals surface area contributed by atoms with Gasteiger partial charge in [-0.3, -0.25) is 14.9 Å². The number of carbonyl (C=O) groups is 2. The van der Waals surface area contributed by atoms with Gasteiger partial charge < -0.3 is 14.8 Å². The molecule has 0 fully saturated rings. The maximum Gasteiger partial charge on any atom is 0.264 e. The van der Waals surface area contributed by atoms with Crippen molar-refractivity contribution in [2.24, 2.45) is 0 Å². The number of nitrogens with one attached hydrogen (secondary N) is 2. The van der Waals surface area contributed by atoms with Gasteiger partial charge in [0.25, 0.3) is 11.8 Å². The molecule has 0 spiro atoms. The summed E-state index contributed by atoms with van der Waals surface area (Å²) in [7, 11) is 0. The minimum atomic E-state index is -0.303. The summed E-state index contributed by atoms with van der Waals surface area (Å²) >= 11 is 1.33. The Morgan fingerprint density at radius 2 is 2.43 bits per heavy atom. The third-order valence-corrected chi connectivity index (χ3v) is 3.32. The number of fused-ring (bicyclic) bond motifs is 1. The lowest BCUT2D eigenvalue weighted by atomic mass is 10.2. The van der Waals surface area contributed by atoms with E-state index in [1.165, 1.54) is 11.3 Å². The molecule has 0 bridgehead atoms. The molecule has 2 aromatic rings. The molecule has 2 heterocycles. The smallest absolute Gasteiger partial charge is 0.264 e. The zero-order chi connectivity index (χ0) is 14.7. The highest BCUT2D eigenvalue weighted by Gasteiger charge is 2.16. The van der Waals surface area contributed by atoms with Crippen LogP contribution < -0.4 is 20.1 Å². The van der Waals surface area contributed by atoms with Crippen molar-refractivity contribution in [3.63, 3.8) is 0 Å². The summed E-state index contributed by atoms with van der Waals surface area (Å²) in [6.07, 6.45) is 1.60. The molecule has 2 amide bonds. The molecular weight excluding hydrogens is 294 g/mol. The molecule has 1 aromatic carbocycles. The van der Waals surface area contributed by atoms with Gasteiger partial charge in [0.2, 0.25) is 0 Å². The Morgan fingerprint density at radius 3 is 3.24 bits per heavy atom. The molecule has 1 aliphatic rings. The fourth-order valence-corrected chi connectivity index (χ4v) is 2.29. The van der Waals surface area contributed by atoms with Gasteiger partial charge in [-0.2, -0.15) is 0 Å². The summed E-state index contributed by atoms with van der Waals surface area (Å²) in [6, 6.07) is 4.97. The molecule has 108 valence electrons. The number of anilines is 2. The standard InChI is InChI=1S/C13H11N3O4S/c17-11-7-20-10-2-1-8(5-9(10)15-11)19-6-12(18)16-13-14-3-4-21-13/h1-5H,6-7H2,(H,15,17)(H,14,16,18). The molecular formula is C13H11N3O4S. The maximum absolute atomic E-state index is 11.7. The molecule has 8 heteroatoms. The molecule has 1 aromatic heterocycles. The minimum Gasteiger partial charge on any atom is -0.484 e. The normalized spacial score (nSPS) is 12.9.